The molecule has 3 rings (SSSR count). The number of anilines is 1. The maximum atomic E-state index is 11.7. The molecule has 1 saturated heterocycles. The SMILES string of the molecule is CC1CNCC(c2ccc3c(c2)CCC(=O)N3C)O1. The third-order valence-corrected chi connectivity index (χ3v) is 3.98. The molecule has 2 atom stereocenters. The first-order valence-corrected chi connectivity index (χ1v) is 6.90. The number of hydrogen-bond donors (Lipinski definition) is 1. The summed E-state index contributed by atoms with van der Waals surface area (Å²) in [6.07, 6.45) is 1.81. The number of morpholine rings is 1. The van der Waals surface area contributed by atoms with Gasteiger partial charge in [-0.05, 0) is 30.5 Å². The Morgan fingerprint density at radius 2 is 2.16 bits per heavy atom. The number of nitrogens with one attached hydrogen (secondary N) is 1. The number of carbonyl (C=O) groups is 1. The van der Waals surface area contributed by atoms with Gasteiger partial charge in [0.1, 0.15) is 0 Å². The molecule has 0 spiro atoms. The third kappa shape index (κ3) is 2.38. The Morgan fingerprint density at radius 1 is 1.32 bits per heavy atom. The molecule has 0 aliphatic carbocycles. The summed E-state index contributed by atoms with van der Waals surface area (Å²) >= 11 is 0. The molecule has 2 aliphatic heterocycles. The highest BCUT2D eigenvalue weighted by Gasteiger charge is 2.24. The van der Waals surface area contributed by atoms with Crippen molar-refractivity contribution in [2.24, 2.45) is 0 Å². The summed E-state index contributed by atoms with van der Waals surface area (Å²) in [6.45, 7) is 3.86. The first-order valence-electron chi connectivity index (χ1n) is 6.90. The predicted molar refractivity (Wildman–Crippen MR) is 74.3 cm³/mol. The van der Waals surface area contributed by atoms with E-state index in [1.807, 2.05) is 13.1 Å². The average molecular weight is 260 g/mol. The van der Waals surface area contributed by atoms with Gasteiger partial charge in [0.2, 0.25) is 5.91 Å². The Kier molecular flexibility index (Phi) is 3.29. The maximum Gasteiger partial charge on any atom is 0.227 e. The molecule has 0 radical (unpaired) electrons. The fraction of sp³-hybridized carbons (Fsp3) is 0.533. The minimum atomic E-state index is 0.122. The van der Waals surface area contributed by atoms with E-state index in [2.05, 4.69) is 24.4 Å². The van der Waals surface area contributed by atoms with Crippen molar-refractivity contribution in [1.29, 1.82) is 0 Å². The number of hydrogen-bond acceptors (Lipinski definition) is 3. The van der Waals surface area contributed by atoms with E-state index in [0.717, 1.165) is 25.2 Å². The molecule has 4 nitrogen and oxygen atoms in total. The molecular formula is C15H20N2O2. The Labute approximate surface area is 113 Å². The smallest absolute Gasteiger partial charge is 0.227 e. The van der Waals surface area contributed by atoms with Crippen LogP contribution in [0.25, 0.3) is 0 Å². The molecule has 102 valence electrons. The van der Waals surface area contributed by atoms with Crippen LogP contribution in [-0.4, -0.2) is 32.1 Å². The zero-order chi connectivity index (χ0) is 13.4. The molecule has 4 heteroatoms. The quantitative estimate of drug-likeness (QED) is 0.834. The van der Waals surface area contributed by atoms with E-state index >= 15 is 0 Å². The van der Waals surface area contributed by atoms with Gasteiger partial charge in [0.25, 0.3) is 0 Å². The van der Waals surface area contributed by atoms with Gasteiger partial charge in [-0.25, -0.2) is 0 Å². The normalized spacial score (nSPS) is 27.3. The van der Waals surface area contributed by atoms with E-state index in [1.54, 1.807) is 4.90 Å². The predicted octanol–water partition coefficient (Wildman–Crippen LogP) is 1.65. The first kappa shape index (κ1) is 12.6. The van der Waals surface area contributed by atoms with Crippen molar-refractivity contribution in [2.75, 3.05) is 25.0 Å². The number of benzene rings is 1. The second kappa shape index (κ2) is 4.94. The Bertz CT molecular complexity index is 501. The van der Waals surface area contributed by atoms with Crippen LogP contribution in [0.1, 0.15) is 30.6 Å². The summed E-state index contributed by atoms with van der Waals surface area (Å²) in [5, 5.41) is 3.39. The number of ether oxygens (including phenoxy) is 1. The van der Waals surface area contributed by atoms with Crippen molar-refractivity contribution in [1.82, 2.24) is 5.32 Å². The van der Waals surface area contributed by atoms with Crippen LogP contribution < -0.4 is 10.2 Å². The van der Waals surface area contributed by atoms with Crippen LogP contribution in [0.5, 0.6) is 0 Å². The highest BCUT2D eigenvalue weighted by atomic mass is 16.5. The number of fused-ring (bicyclic) bond motifs is 1. The summed E-state index contributed by atoms with van der Waals surface area (Å²) in [4.78, 5) is 13.4. The molecule has 19 heavy (non-hydrogen) atoms. The van der Waals surface area contributed by atoms with Crippen LogP contribution in [-0.2, 0) is 16.0 Å². The van der Waals surface area contributed by atoms with Crippen LogP contribution in [0.2, 0.25) is 0 Å². The number of aryl methyl sites for hydroxylation is 1. The number of nitrogens with zero attached hydrogens (tertiary/aromatic N) is 1. The number of amides is 1. The molecule has 1 aromatic rings. The van der Waals surface area contributed by atoms with E-state index in [4.69, 9.17) is 4.74 Å². The van der Waals surface area contributed by atoms with E-state index in [0.29, 0.717) is 6.42 Å². The number of carbonyl (C=O) groups excluding carboxylic acids is 1. The van der Waals surface area contributed by atoms with E-state index in [1.165, 1.54) is 11.1 Å². The molecule has 2 heterocycles. The zero-order valence-corrected chi connectivity index (χ0v) is 11.5. The standard InChI is InChI=1S/C15H20N2O2/c1-10-8-16-9-14(19-10)12-3-5-13-11(7-12)4-6-15(18)17(13)2/h3,5,7,10,14,16H,4,6,8-9H2,1-2H3. The lowest BCUT2D eigenvalue weighted by molar-refractivity contribution is -0.118. The highest BCUT2D eigenvalue weighted by molar-refractivity contribution is 5.95. The second-order valence-corrected chi connectivity index (χ2v) is 5.43. The van der Waals surface area contributed by atoms with Crippen molar-refractivity contribution in [3.05, 3.63) is 29.3 Å². The van der Waals surface area contributed by atoms with Crippen molar-refractivity contribution in [2.45, 2.75) is 32.0 Å². The van der Waals surface area contributed by atoms with Crippen LogP contribution in [0.3, 0.4) is 0 Å². The van der Waals surface area contributed by atoms with Gasteiger partial charge in [0.05, 0.1) is 12.2 Å². The van der Waals surface area contributed by atoms with Gasteiger partial charge in [-0.2, -0.15) is 0 Å². The molecule has 0 saturated carbocycles. The van der Waals surface area contributed by atoms with Gasteiger partial charge < -0.3 is 15.0 Å². The summed E-state index contributed by atoms with van der Waals surface area (Å²) in [5.41, 5.74) is 3.50. The average Bonchev–Trinajstić information content (AvgIpc) is 2.43. The lowest BCUT2D eigenvalue weighted by Gasteiger charge is -2.31. The van der Waals surface area contributed by atoms with Gasteiger partial charge in [-0.15, -0.1) is 0 Å². The van der Waals surface area contributed by atoms with Crippen LogP contribution in [0.15, 0.2) is 18.2 Å². The maximum absolute atomic E-state index is 11.7. The van der Waals surface area contributed by atoms with Crippen molar-refractivity contribution in [3.8, 4) is 0 Å². The van der Waals surface area contributed by atoms with Crippen LogP contribution in [0.4, 0.5) is 5.69 Å². The third-order valence-electron chi connectivity index (χ3n) is 3.98. The Hall–Kier alpha value is -1.39. The largest absolute Gasteiger partial charge is 0.368 e. The summed E-state index contributed by atoms with van der Waals surface area (Å²) < 4.78 is 5.97. The molecule has 1 aromatic carbocycles. The molecule has 2 aliphatic rings. The molecule has 0 aromatic heterocycles. The summed E-state index contributed by atoms with van der Waals surface area (Å²) in [6, 6.07) is 6.32. The molecule has 1 N–H and O–H groups in total. The van der Waals surface area contributed by atoms with E-state index < -0.39 is 0 Å². The van der Waals surface area contributed by atoms with Crippen molar-refractivity contribution >= 4 is 11.6 Å². The van der Waals surface area contributed by atoms with Crippen molar-refractivity contribution < 1.29 is 9.53 Å². The fourth-order valence-corrected chi connectivity index (χ4v) is 2.87. The van der Waals surface area contributed by atoms with Crippen LogP contribution >= 0.6 is 0 Å². The van der Waals surface area contributed by atoms with Crippen molar-refractivity contribution in [3.63, 3.8) is 0 Å². The zero-order valence-electron chi connectivity index (χ0n) is 11.5. The Balaban J connectivity index is 1.87. The lowest BCUT2D eigenvalue weighted by atomic mass is 9.96. The minimum Gasteiger partial charge on any atom is -0.368 e. The van der Waals surface area contributed by atoms with Gasteiger partial charge in [0.15, 0.2) is 0 Å². The van der Waals surface area contributed by atoms with Crippen LogP contribution in [0, 0.1) is 0 Å². The highest BCUT2D eigenvalue weighted by Crippen LogP contribution is 2.31. The molecule has 1 fully saturated rings. The lowest BCUT2D eigenvalue weighted by Crippen LogP contribution is -2.39. The molecule has 2 unspecified atom stereocenters. The minimum absolute atomic E-state index is 0.122. The molecule has 0 bridgehead atoms. The fourth-order valence-electron chi connectivity index (χ4n) is 2.87. The van der Waals surface area contributed by atoms with E-state index in [-0.39, 0.29) is 18.1 Å². The number of rotatable bonds is 1. The van der Waals surface area contributed by atoms with Gasteiger partial charge >= 0.3 is 0 Å². The molecule has 1 amide bonds. The summed E-state index contributed by atoms with van der Waals surface area (Å²) in [7, 11) is 1.85. The second-order valence-electron chi connectivity index (χ2n) is 5.43. The van der Waals surface area contributed by atoms with Gasteiger partial charge in [0, 0.05) is 32.2 Å². The molecular weight excluding hydrogens is 240 g/mol. The van der Waals surface area contributed by atoms with E-state index in [9.17, 15) is 4.79 Å². The monoisotopic (exact) mass is 260 g/mol. The Morgan fingerprint density at radius 3 is 2.95 bits per heavy atom. The first-order chi connectivity index (χ1) is 9.15. The van der Waals surface area contributed by atoms with Gasteiger partial charge in [-0.3, -0.25) is 4.79 Å². The summed E-state index contributed by atoms with van der Waals surface area (Å²) in [5.74, 6) is 0.199. The topological polar surface area (TPSA) is 41.6 Å². The van der Waals surface area contributed by atoms with Gasteiger partial charge in [-0.1, -0.05) is 12.1 Å².